The number of carbonyl (C=O) groups excluding carboxylic acids is 1. The van der Waals surface area contributed by atoms with Crippen LogP contribution in [0.25, 0.3) is 0 Å². The molecule has 0 aliphatic carbocycles. The molecule has 0 aliphatic heterocycles. The van der Waals surface area contributed by atoms with Crippen molar-refractivity contribution in [3.8, 4) is 0 Å². The monoisotopic (exact) mass is 283 g/mol. The van der Waals surface area contributed by atoms with Gasteiger partial charge in [0.2, 0.25) is 0 Å². The Labute approximate surface area is 108 Å². The van der Waals surface area contributed by atoms with Crippen molar-refractivity contribution < 1.29 is 32.6 Å². The number of amides is 1. The van der Waals surface area contributed by atoms with E-state index in [1.807, 2.05) is 0 Å². The lowest BCUT2D eigenvalue weighted by atomic mass is 10.2. The van der Waals surface area contributed by atoms with Crippen molar-refractivity contribution in [3.63, 3.8) is 0 Å². The molecule has 1 atom stereocenters. The van der Waals surface area contributed by atoms with Crippen molar-refractivity contribution in [1.82, 2.24) is 5.32 Å². The van der Waals surface area contributed by atoms with Gasteiger partial charge in [0.15, 0.2) is 0 Å². The minimum atomic E-state index is -4.68. The van der Waals surface area contributed by atoms with Crippen LogP contribution in [0.3, 0.4) is 0 Å². The van der Waals surface area contributed by atoms with Gasteiger partial charge in [0.1, 0.15) is 6.04 Å². The largest absolute Gasteiger partial charge is 0.480 e. The average Bonchev–Trinajstić information content (AvgIpc) is 2.26. The van der Waals surface area contributed by atoms with E-state index in [1.54, 1.807) is 11.4 Å². The summed E-state index contributed by atoms with van der Waals surface area (Å²) in [6.07, 6.45) is -3.83. The number of carbonyl (C=O) groups is 2. The first kappa shape index (κ1) is 17.3. The summed E-state index contributed by atoms with van der Waals surface area (Å²) in [5.74, 6) is -1.76. The Kier molecular flexibility index (Phi) is 7.62. The molecule has 0 fully saturated rings. The van der Waals surface area contributed by atoms with Gasteiger partial charge in [-0.2, -0.15) is 13.2 Å². The minimum Gasteiger partial charge on any atom is -0.480 e. The number of alkyl carbamates (subject to hydrolysis) is 1. The lowest BCUT2D eigenvalue weighted by Crippen LogP contribution is -2.43. The Morgan fingerprint density at radius 3 is 2.47 bits per heavy atom. The minimum absolute atomic E-state index is 0.0119. The van der Waals surface area contributed by atoms with Crippen LogP contribution < -0.4 is 5.32 Å². The zero-order chi connectivity index (χ0) is 14.9. The van der Waals surface area contributed by atoms with Gasteiger partial charge in [-0.1, -0.05) is 6.08 Å². The van der Waals surface area contributed by atoms with Gasteiger partial charge in [0, 0.05) is 0 Å². The van der Waals surface area contributed by atoms with E-state index >= 15 is 0 Å². The van der Waals surface area contributed by atoms with E-state index in [2.05, 4.69) is 11.3 Å². The number of alkyl halides is 3. The second-order valence-electron chi connectivity index (χ2n) is 3.77. The lowest BCUT2D eigenvalue weighted by Gasteiger charge is -2.16. The first-order chi connectivity index (χ1) is 8.76. The van der Waals surface area contributed by atoms with Crippen molar-refractivity contribution in [2.75, 3.05) is 6.61 Å². The van der Waals surface area contributed by atoms with Gasteiger partial charge in [-0.15, -0.1) is 6.58 Å². The SMILES string of the molecule is C=CCCCCOC(=O)NC(CC(F)(F)F)C(=O)O. The number of allylic oxidation sites excluding steroid dienone is 1. The maximum Gasteiger partial charge on any atom is 0.407 e. The topological polar surface area (TPSA) is 75.6 Å². The molecular formula is C11H16F3NO4. The molecule has 0 spiro atoms. The molecule has 0 saturated heterocycles. The van der Waals surface area contributed by atoms with Gasteiger partial charge < -0.3 is 15.2 Å². The van der Waals surface area contributed by atoms with Crippen molar-refractivity contribution in [1.29, 1.82) is 0 Å². The predicted octanol–water partition coefficient (Wildman–Crippen LogP) is 2.47. The smallest absolute Gasteiger partial charge is 0.407 e. The van der Waals surface area contributed by atoms with E-state index < -0.39 is 30.7 Å². The van der Waals surface area contributed by atoms with Crippen LogP contribution in [0.5, 0.6) is 0 Å². The molecule has 1 unspecified atom stereocenters. The summed E-state index contributed by atoms with van der Waals surface area (Å²) >= 11 is 0. The first-order valence-corrected chi connectivity index (χ1v) is 5.60. The first-order valence-electron chi connectivity index (χ1n) is 5.60. The van der Waals surface area contributed by atoms with Gasteiger partial charge in [-0.25, -0.2) is 9.59 Å². The van der Waals surface area contributed by atoms with Crippen LogP contribution in [0.1, 0.15) is 25.7 Å². The third kappa shape index (κ3) is 9.93. The van der Waals surface area contributed by atoms with Crippen molar-refractivity contribution in [2.45, 2.75) is 37.9 Å². The van der Waals surface area contributed by atoms with E-state index in [1.165, 1.54) is 0 Å². The molecule has 0 saturated carbocycles. The summed E-state index contributed by atoms with van der Waals surface area (Å²) in [5, 5.41) is 10.2. The second-order valence-corrected chi connectivity index (χ2v) is 3.77. The van der Waals surface area contributed by atoms with E-state index in [4.69, 9.17) is 5.11 Å². The average molecular weight is 283 g/mol. The molecule has 0 aromatic heterocycles. The van der Waals surface area contributed by atoms with Gasteiger partial charge >= 0.3 is 18.2 Å². The molecule has 2 N–H and O–H groups in total. The maximum atomic E-state index is 12.0. The van der Waals surface area contributed by atoms with Crippen LogP contribution in [-0.2, 0) is 9.53 Å². The summed E-state index contributed by atoms with van der Waals surface area (Å²) in [6, 6.07) is -2.04. The maximum absolute atomic E-state index is 12.0. The Hall–Kier alpha value is -1.73. The van der Waals surface area contributed by atoms with Crippen molar-refractivity contribution in [3.05, 3.63) is 12.7 Å². The van der Waals surface area contributed by atoms with E-state index in [9.17, 15) is 22.8 Å². The zero-order valence-electron chi connectivity index (χ0n) is 10.2. The van der Waals surface area contributed by atoms with Crippen LogP contribution >= 0.6 is 0 Å². The van der Waals surface area contributed by atoms with Crippen molar-refractivity contribution in [2.24, 2.45) is 0 Å². The molecule has 0 bridgehead atoms. The summed E-state index contributed by atoms with van der Waals surface area (Å²) in [5.41, 5.74) is 0. The summed E-state index contributed by atoms with van der Waals surface area (Å²) < 4.78 is 40.7. The fraction of sp³-hybridized carbons (Fsp3) is 0.636. The molecule has 0 heterocycles. The highest BCUT2D eigenvalue weighted by atomic mass is 19.4. The molecule has 0 rings (SSSR count). The number of halogens is 3. The standard InChI is InChI=1S/C11H16F3NO4/c1-2-3-4-5-6-19-10(18)15-8(9(16)17)7-11(12,13)14/h2,8H,1,3-7H2,(H,15,18)(H,16,17). The quantitative estimate of drug-likeness (QED) is 0.530. The molecule has 0 aliphatic rings. The van der Waals surface area contributed by atoms with Crippen LogP contribution in [-0.4, -0.2) is 36.0 Å². The molecule has 5 nitrogen and oxygen atoms in total. The van der Waals surface area contributed by atoms with Crippen LogP contribution in [0, 0.1) is 0 Å². The Morgan fingerprint density at radius 2 is 2.00 bits per heavy atom. The number of unbranched alkanes of at least 4 members (excludes halogenated alkanes) is 2. The van der Waals surface area contributed by atoms with Crippen LogP contribution in [0.4, 0.5) is 18.0 Å². The van der Waals surface area contributed by atoms with Crippen molar-refractivity contribution >= 4 is 12.1 Å². The number of carboxylic acids is 1. The van der Waals surface area contributed by atoms with Gasteiger partial charge in [0.05, 0.1) is 13.0 Å². The number of aliphatic carboxylic acids is 1. The van der Waals surface area contributed by atoms with Crippen LogP contribution in [0.15, 0.2) is 12.7 Å². The number of hydrogen-bond donors (Lipinski definition) is 2. The molecule has 110 valence electrons. The predicted molar refractivity (Wildman–Crippen MR) is 60.6 cm³/mol. The molecule has 19 heavy (non-hydrogen) atoms. The number of hydrogen-bond acceptors (Lipinski definition) is 3. The molecule has 1 amide bonds. The second kappa shape index (κ2) is 8.39. The molecule has 8 heteroatoms. The highest BCUT2D eigenvalue weighted by molar-refractivity contribution is 5.79. The van der Waals surface area contributed by atoms with Gasteiger partial charge in [-0.05, 0) is 19.3 Å². The summed E-state index contributed by atoms with van der Waals surface area (Å²) in [7, 11) is 0. The van der Waals surface area contributed by atoms with Crippen LogP contribution in [0.2, 0.25) is 0 Å². The fourth-order valence-electron chi connectivity index (χ4n) is 1.17. The summed E-state index contributed by atoms with van der Waals surface area (Å²) in [4.78, 5) is 21.6. The Morgan fingerprint density at radius 1 is 1.37 bits per heavy atom. The number of ether oxygens (including phenoxy) is 1. The number of carboxylic acid groups (broad SMARTS) is 1. The zero-order valence-corrected chi connectivity index (χ0v) is 10.2. The van der Waals surface area contributed by atoms with Gasteiger partial charge in [-0.3, -0.25) is 0 Å². The van der Waals surface area contributed by atoms with E-state index in [-0.39, 0.29) is 6.61 Å². The fourth-order valence-corrected chi connectivity index (χ4v) is 1.17. The Balaban J connectivity index is 4.04. The molecule has 0 aromatic rings. The Bertz CT molecular complexity index is 318. The third-order valence-corrected chi connectivity index (χ3v) is 2.06. The van der Waals surface area contributed by atoms with Gasteiger partial charge in [0.25, 0.3) is 0 Å². The molecule has 0 radical (unpaired) electrons. The number of rotatable bonds is 8. The summed E-state index contributed by atoms with van der Waals surface area (Å²) in [6.45, 7) is 3.51. The normalized spacial score (nSPS) is 12.6. The highest BCUT2D eigenvalue weighted by Gasteiger charge is 2.36. The van der Waals surface area contributed by atoms with E-state index in [0.29, 0.717) is 6.42 Å². The highest BCUT2D eigenvalue weighted by Crippen LogP contribution is 2.21. The third-order valence-electron chi connectivity index (χ3n) is 2.06. The molecular weight excluding hydrogens is 267 g/mol. The van der Waals surface area contributed by atoms with E-state index in [0.717, 1.165) is 12.8 Å². The lowest BCUT2D eigenvalue weighted by molar-refractivity contribution is -0.158. The molecule has 0 aromatic carbocycles. The number of nitrogens with one attached hydrogen (secondary N) is 1.